The number of nitrogens with one attached hydrogen (secondary N) is 1. The number of benzene rings is 1. The normalized spacial score (nSPS) is 13.9. The summed E-state index contributed by atoms with van der Waals surface area (Å²) >= 11 is 0. The van der Waals surface area contributed by atoms with Gasteiger partial charge < -0.3 is 5.32 Å². The highest BCUT2D eigenvalue weighted by Gasteiger charge is 2.22. The molecular weight excluding hydrogens is 354 g/mol. The van der Waals surface area contributed by atoms with Gasteiger partial charge >= 0.3 is 0 Å². The third kappa shape index (κ3) is 4.05. The molecule has 0 saturated carbocycles. The summed E-state index contributed by atoms with van der Waals surface area (Å²) in [5.41, 5.74) is 4.59. The van der Waals surface area contributed by atoms with Gasteiger partial charge in [0, 0.05) is 30.8 Å². The monoisotopic (exact) mass is 377 g/mol. The van der Waals surface area contributed by atoms with Gasteiger partial charge in [-0.2, -0.15) is 0 Å². The topological polar surface area (TPSA) is 98.5 Å². The average Bonchev–Trinajstić information content (AvgIpc) is 3.39. The van der Waals surface area contributed by atoms with Gasteiger partial charge in [0.15, 0.2) is 0 Å². The maximum absolute atomic E-state index is 12.8. The van der Waals surface area contributed by atoms with Gasteiger partial charge in [-0.05, 0) is 47.7 Å². The fourth-order valence-corrected chi connectivity index (χ4v) is 3.66. The van der Waals surface area contributed by atoms with Crippen molar-refractivity contribution < 1.29 is 4.79 Å². The van der Waals surface area contributed by atoms with Gasteiger partial charge in [-0.3, -0.25) is 4.79 Å². The smallest absolute Gasteiger partial charge is 0.245 e. The first kappa shape index (κ1) is 18.2. The van der Waals surface area contributed by atoms with Gasteiger partial charge in [0.2, 0.25) is 5.91 Å². The van der Waals surface area contributed by atoms with Gasteiger partial charge in [0.1, 0.15) is 18.2 Å². The SMILES string of the molecule is Cc1nc(CCNC(=O)[C@H](Cc2ccccc2)n2cnnn2)nc2c1CCC2. The van der Waals surface area contributed by atoms with Crippen LogP contribution in [0.3, 0.4) is 0 Å². The number of hydrogen-bond acceptors (Lipinski definition) is 6. The standard InChI is InChI=1S/C20H23N7O/c1-14-16-8-5-9-17(16)24-19(23-14)10-11-21-20(28)18(27-13-22-25-26-27)12-15-6-3-2-4-7-15/h2-4,6-7,13,18H,5,8-12H2,1H3,(H,21,28)/t18-/m0/s1. The molecule has 0 bridgehead atoms. The average molecular weight is 377 g/mol. The number of nitrogens with zero attached hydrogens (tertiary/aromatic N) is 6. The molecule has 1 amide bonds. The van der Waals surface area contributed by atoms with Crippen molar-refractivity contribution in [3.05, 3.63) is 65.0 Å². The minimum atomic E-state index is -0.500. The summed E-state index contributed by atoms with van der Waals surface area (Å²) < 4.78 is 1.50. The molecule has 8 nitrogen and oxygen atoms in total. The summed E-state index contributed by atoms with van der Waals surface area (Å²) in [4.78, 5) is 22.1. The fraction of sp³-hybridized carbons (Fsp3) is 0.400. The van der Waals surface area contributed by atoms with E-state index >= 15 is 0 Å². The maximum atomic E-state index is 12.8. The Morgan fingerprint density at radius 2 is 2.07 bits per heavy atom. The Kier molecular flexibility index (Phi) is 5.36. The summed E-state index contributed by atoms with van der Waals surface area (Å²) in [6, 6.07) is 9.35. The third-order valence-electron chi connectivity index (χ3n) is 5.09. The highest BCUT2D eigenvalue weighted by molar-refractivity contribution is 5.80. The van der Waals surface area contributed by atoms with E-state index < -0.39 is 6.04 Å². The number of carbonyl (C=O) groups excluding carboxylic acids is 1. The summed E-state index contributed by atoms with van der Waals surface area (Å²) in [5, 5.41) is 14.3. The predicted molar refractivity (Wildman–Crippen MR) is 103 cm³/mol. The molecule has 2 aromatic heterocycles. The number of fused-ring (bicyclic) bond motifs is 1. The van der Waals surface area contributed by atoms with Crippen LogP contribution in [0.5, 0.6) is 0 Å². The Balaban J connectivity index is 1.40. The minimum absolute atomic E-state index is 0.117. The van der Waals surface area contributed by atoms with Gasteiger partial charge in [-0.15, -0.1) is 5.10 Å². The van der Waals surface area contributed by atoms with E-state index in [0.717, 1.165) is 36.3 Å². The molecule has 144 valence electrons. The lowest BCUT2D eigenvalue weighted by Gasteiger charge is -2.16. The fourth-order valence-electron chi connectivity index (χ4n) is 3.66. The van der Waals surface area contributed by atoms with Gasteiger partial charge in [0.25, 0.3) is 0 Å². The van der Waals surface area contributed by atoms with E-state index in [9.17, 15) is 4.79 Å². The molecule has 0 spiro atoms. The molecule has 1 atom stereocenters. The van der Waals surface area contributed by atoms with Gasteiger partial charge in [0.05, 0.1) is 0 Å². The predicted octanol–water partition coefficient (Wildman–Crippen LogP) is 1.40. The molecule has 1 N–H and O–H groups in total. The van der Waals surface area contributed by atoms with Crippen LogP contribution in [0.1, 0.15) is 40.8 Å². The van der Waals surface area contributed by atoms with Crippen LogP contribution >= 0.6 is 0 Å². The number of aryl methyl sites for hydroxylation is 2. The molecule has 0 saturated heterocycles. The second-order valence-electron chi connectivity index (χ2n) is 7.04. The Morgan fingerprint density at radius 1 is 1.21 bits per heavy atom. The van der Waals surface area contributed by atoms with Crippen LogP contribution in [-0.2, 0) is 30.5 Å². The molecule has 1 aliphatic carbocycles. The van der Waals surface area contributed by atoms with Crippen LogP contribution in [0.2, 0.25) is 0 Å². The van der Waals surface area contributed by atoms with E-state index in [-0.39, 0.29) is 5.91 Å². The summed E-state index contributed by atoms with van der Waals surface area (Å²) in [5.74, 6) is 0.675. The van der Waals surface area contributed by atoms with Crippen molar-refractivity contribution in [1.82, 2.24) is 35.5 Å². The molecule has 2 heterocycles. The summed E-state index contributed by atoms with van der Waals surface area (Å²) in [6.07, 6.45) is 5.85. The zero-order valence-corrected chi connectivity index (χ0v) is 15.9. The lowest BCUT2D eigenvalue weighted by atomic mass is 10.1. The van der Waals surface area contributed by atoms with Crippen molar-refractivity contribution in [2.75, 3.05) is 6.54 Å². The number of rotatable bonds is 7. The van der Waals surface area contributed by atoms with E-state index in [1.54, 1.807) is 0 Å². The van der Waals surface area contributed by atoms with Crippen molar-refractivity contribution in [2.45, 2.75) is 45.1 Å². The van der Waals surface area contributed by atoms with Crippen LogP contribution < -0.4 is 5.32 Å². The molecule has 8 heteroatoms. The van der Waals surface area contributed by atoms with Gasteiger partial charge in [-0.25, -0.2) is 14.6 Å². The van der Waals surface area contributed by atoms with E-state index in [4.69, 9.17) is 0 Å². The molecular formula is C20H23N7O. The lowest BCUT2D eigenvalue weighted by Crippen LogP contribution is -2.35. The minimum Gasteiger partial charge on any atom is -0.354 e. The van der Waals surface area contributed by atoms with Crippen LogP contribution in [0.4, 0.5) is 0 Å². The number of aromatic nitrogens is 6. The number of amides is 1. The Labute approximate surface area is 163 Å². The maximum Gasteiger partial charge on any atom is 0.245 e. The zero-order chi connectivity index (χ0) is 19.3. The highest BCUT2D eigenvalue weighted by Crippen LogP contribution is 2.22. The second kappa shape index (κ2) is 8.24. The number of tetrazole rings is 1. The van der Waals surface area contributed by atoms with E-state index in [1.165, 1.54) is 22.3 Å². The zero-order valence-electron chi connectivity index (χ0n) is 15.9. The third-order valence-corrected chi connectivity index (χ3v) is 5.09. The van der Waals surface area contributed by atoms with Crippen molar-refractivity contribution >= 4 is 5.91 Å². The van der Waals surface area contributed by atoms with Gasteiger partial charge in [-0.1, -0.05) is 30.3 Å². The van der Waals surface area contributed by atoms with E-state index in [0.29, 0.717) is 19.4 Å². The van der Waals surface area contributed by atoms with Crippen molar-refractivity contribution in [3.8, 4) is 0 Å². The Hall–Kier alpha value is -3.16. The van der Waals surface area contributed by atoms with Crippen LogP contribution in [0.25, 0.3) is 0 Å². The quantitative estimate of drug-likeness (QED) is 0.668. The van der Waals surface area contributed by atoms with Crippen LogP contribution in [0.15, 0.2) is 36.7 Å². The largest absolute Gasteiger partial charge is 0.354 e. The molecule has 4 rings (SSSR count). The van der Waals surface area contributed by atoms with E-state index in [2.05, 4.69) is 30.8 Å². The second-order valence-corrected chi connectivity index (χ2v) is 7.04. The first-order valence-corrected chi connectivity index (χ1v) is 9.60. The molecule has 0 unspecified atom stereocenters. The highest BCUT2D eigenvalue weighted by atomic mass is 16.2. The van der Waals surface area contributed by atoms with Crippen molar-refractivity contribution in [3.63, 3.8) is 0 Å². The Morgan fingerprint density at radius 3 is 2.86 bits per heavy atom. The molecule has 0 radical (unpaired) electrons. The van der Waals surface area contributed by atoms with E-state index in [1.807, 2.05) is 37.3 Å². The first-order valence-electron chi connectivity index (χ1n) is 9.60. The molecule has 1 aliphatic rings. The number of carbonyl (C=O) groups is 1. The lowest BCUT2D eigenvalue weighted by molar-refractivity contribution is -0.124. The van der Waals surface area contributed by atoms with Crippen molar-refractivity contribution in [1.29, 1.82) is 0 Å². The molecule has 0 aliphatic heterocycles. The van der Waals surface area contributed by atoms with Crippen molar-refractivity contribution in [2.24, 2.45) is 0 Å². The molecule has 1 aromatic carbocycles. The Bertz CT molecular complexity index is 941. The summed E-state index contributed by atoms with van der Waals surface area (Å²) in [7, 11) is 0. The molecule has 28 heavy (non-hydrogen) atoms. The number of hydrogen-bond donors (Lipinski definition) is 1. The molecule has 3 aromatic rings. The molecule has 0 fully saturated rings. The van der Waals surface area contributed by atoms with Crippen LogP contribution in [0, 0.1) is 6.92 Å². The first-order chi connectivity index (χ1) is 13.7. The van der Waals surface area contributed by atoms with Crippen LogP contribution in [-0.4, -0.2) is 42.6 Å². The summed E-state index contributed by atoms with van der Waals surface area (Å²) in [6.45, 7) is 2.52.